The Morgan fingerprint density at radius 2 is 1.62 bits per heavy atom. The third kappa shape index (κ3) is 4.70. The van der Waals surface area contributed by atoms with Crippen LogP contribution >= 0.6 is 0 Å². The van der Waals surface area contributed by atoms with Crippen LogP contribution in [-0.2, 0) is 0 Å². The van der Waals surface area contributed by atoms with E-state index in [4.69, 9.17) is 10.1 Å². The number of fused-ring (bicyclic) bond motifs is 1. The van der Waals surface area contributed by atoms with Crippen molar-refractivity contribution in [3.63, 3.8) is 0 Å². The summed E-state index contributed by atoms with van der Waals surface area (Å²) in [5.41, 5.74) is 6.65. The molecular formula is C30H34N6O. The molecule has 2 fully saturated rings. The molecule has 0 spiro atoms. The van der Waals surface area contributed by atoms with Crippen molar-refractivity contribution in [2.24, 2.45) is 0 Å². The van der Waals surface area contributed by atoms with Gasteiger partial charge in [0.15, 0.2) is 0 Å². The summed E-state index contributed by atoms with van der Waals surface area (Å²) in [6.07, 6.45) is 8.46. The Balaban J connectivity index is 1.17. The Morgan fingerprint density at radius 3 is 2.35 bits per heavy atom. The number of hydrogen-bond acceptors (Lipinski definition) is 5. The van der Waals surface area contributed by atoms with Gasteiger partial charge in [0.2, 0.25) is 5.95 Å². The fourth-order valence-corrected chi connectivity index (χ4v) is 5.66. The molecule has 2 aromatic heterocycles. The average molecular weight is 495 g/mol. The summed E-state index contributed by atoms with van der Waals surface area (Å²) in [6.45, 7) is 6.79. The predicted octanol–water partition coefficient (Wildman–Crippen LogP) is 5.42. The molecule has 1 saturated carbocycles. The fraction of sp³-hybridized carbons (Fsp3) is 0.400. The number of benzene rings is 2. The van der Waals surface area contributed by atoms with Gasteiger partial charge in [-0.3, -0.25) is 4.79 Å². The molecule has 4 aromatic rings. The number of nitrogens with zero attached hydrogens (tertiary/aromatic N) is 6. The van der Waals surface area contributed by atoms with E-state index < -0.39 is 0 Å². The summed E-state index contributed by atoms with van der Waals surface area (Å²) >= 11 is 0. The maximum absolute atomic E-state index is 13.0. The van der Waals surface area contributed by atoms with Gasteiger partial charge in [-0.05, 0) is 67.5 Å². The molecule has 3 heterocycles. The number of anilines is 1. The molecule has 0 radical (unpaired) electrons. The maximum atomic E-state index is 13.0. The first-order valence-electron chi connectivity index (χ1n) is 13.5. The van der Waals surface area contributed by atoms with E-state index in [1.807, 2.05) is 40.6 Å². The van der Waals surface area contributed by atoms with Crippen molar-refractivity contribution in [2.75, 3.05) is 31.1 Å². The van der Waals surface area contributed by atoms with Crippen LogP contribution in [0.1, 0.15) is 65.1 Å². The Kier molecular flexibility index (Phi) is 6.37. The molecule has 2 aliphatic rings. The normalized spacial score (nSPS) is 16.9. The molecular weight excluding hydrogens is 460 g/mol. The Hall–Kier alpha value is -3.74. The summed E-state index contributed by atoms with van der Waals surface area (Å²) in [7, 11) is 0. The molecule has 1 amide bonds. The van der Waals surface area contributed by atoms with Gasteiger partial charge < -0.3 is 9.80 Å². The van der Waals surface area contributed by atoms with Crippen molar-refractivity contribution < 1.29 is 4.79 Å². The van der Waals surface area contributed by atoms with Crippen LogP contribution in [0.5, 0.6) is 0 Å². The first-order valence-corrected chi connectivity index (χ1v) is 13.5. The molecule has 37 heavy (non-hydrogen) atoms. The number of rotatable bonds is 4. The van der Waals surface area contributed by atoms with E-state index in [-0.39, 0.29) is 5.91 Å². The zero-order chi connectivity index (χ0) is 25.4. The fourth-order valence-electron chi connectivity index (χ4n) is 5.66. The van der Waals surface area contributed by atoms with Crippen molar-refractivity contribution >= 4 is 17.6 Å². The minimum atomic E-state index is 0.0892. The molecule has 7 nitrogen and oxygen atoms in total. The monoisotopic (exact) mass is 494 g/mol. The number of piperazine rings is 1. The number of carbonyl (C=O) groups excluding carboxylic acids is 1. The molecule has 2 aromatic carbocycles. The van der Waals surface area contributed by atoms with Crippen LogP contribution in [0, 0.1) is 13.8 Å². The number of aryl methyl sites for hydroxylation is 2. The molecule has 1 aliphatic carbocycles. The van der Waals surface area contributed by atoms with E-state index in [0.717, 1.165) is 22.4 Å². The second-order valence-electron chi connectivity index (χ2n) is 10.5. The summed E-state index contributed by atoms with van der Waals surface area (Å²) in [5, 5.41) is 4.84. The zero-order valence-electron chi connectivity index (χ0n) is 21.7. The molecule has 1 saturated heterocycles. The lowest BCUT2D eigenvalue weighted by Gasteiger charge is -2.34. The quantitative estimate of drug-likeness (QED) is 0.379. The molecule has 7 heteroatoms. The standard InChI is InChI=1S/C30H34N6O/c1-21-8-9-26(20-22(21)2)28(37)34-16-18-35(19-17-34)30-32-29-31-15-14-27(36(29)33-30)25-12-10-24(11-13-25)23-6-4-3-5-7-23/h8-15,20,23H,3-7,16-19H2,1-2H3. The first kappa shape index (κ1) is 23.6. The summed E-state index contributed by atoms with van der Waals surface area (Å²) in [6, 6.07) is 16.9. The van der Waals surface area contributed by atoms with E-state index in [9.17, 15) is 4.79 Å². The van der Waals surface area contributed by atoms with E-state index in [0.29, 0.717) is 43.8 Å². The van der Waals surface area contributed by atoms with Gasteiger partial charge >= 0.3 is 0 Å². The number of hydrogen-bond donors (Lipinski definition) is 0. The van der Waals surface area contributed by atoms with Crippen molar-refractivity contribution in [1.82, 2.24) is 24.5 Å². The molecule has 1 aliphatic heterocycles. The highest BCUT2D eigenvalue weighted by molar-refractivity contribution is 5.94. The van der Waals surface area contributed by atoms with E-state index >= 15 is 0 Å². The van der Waals surface area contributed by atoms with Gasteiger partial charge in [-0.25, -0.2) is 4.98 Å². The number of aromatic nitrogens is 4. The number of carbonyl (C=O) groups is 1. The van der Waals surface area contributed by atoms with E-state index in [1.165, 1.54) is 43.2 Å². The van der Waals surface area contributed by atoms with Crippen LogP contribution in [0.25, 0.3) is 17.0 Å². The summed E-state index contributed by atoms with van der Waals surface area (Å²) in [5.74, 6) is 2.04. The van der Waals surface area contributed by atoms with Gasteiger partial charge in [-0.1, -0.05) is 49.6 Å². The van der Waals surface area contributed by atoms with Crippen LogP contribution in [-0.4, -0.2) is 56.6 Å². The van der Waals surface area contributed by atoms with Crippen LogP contribution in [0.2, 0.25) is 0 Å². The van der Waals surface area contributed by atoms with Crippen LogP contribution in [0.3, 0.4) is 0 Å². The highest BCUT2D eigenvalue weighted by Gasteiger charge is 2.25. The molecule has 0 bridgehead atoms. The third-order valence-corrected chi connectivity index (χ3v) is 8.12. The minimum absolute atomic E-state index is 0.0892. The molecule has 0 N–H and O–H groups in total. The molecule has 190 valence electrons. The highest BCUT2D eigenvalue weighted by atomic mass is 16.2. The van der Waals surface area contributed by atoms with Crippen molar-refractivity contribution in [3.8, 4) is 11.3 Å². The summed E-state index contributed by atoms with van der Waals surface area (Å²) in [4.78, 5) is 26.3. The maximum Gasteiger partial charge on any atom is 0.254 e. The van der Waals surface area contributed by atoms with Crippen molar-refractivity contribution in [1.29, 1.82) is 0 Å². The van der Waals surface area contributed by atoms with E-state index in [2.05, 4.69) is 41.1 Å². The first-order chi connectivity index (χ1) is 18.1. The van der Waals surface area contributed by atoms with Crippen molar-refractivity contribution in [2.45, 2.75) is 51.9 Å². The second-order valence-corrected chi connectivity index (χ2v) is 10.5. The van der Waals surface area contributed by atoms with Gasteiger partial charge in [0.25, 0.3) is 11.7 Å². The summed E-state index contributed by atoms with van der Waals surface area (Å²) < 4.78 is 1.84. The van der Waals surface area contributed by atoms with Crippen LogP contribution < -0.4 is 4.90 Å². The van der Waals surface area contributed by atoms with Gasteiger partial charge in [-0.15, -0.1) is 5.10 Å². The third-order valence-electron chi connectivity index (χ3n) is 8.12. The molecule has 0 atom stereocenters. The minimum Gasteiger partial charge on any atom is -0.336 e. The number of amides is 1. The second kappa shape index (κ2) is 9.96. The average Bonchev–Trinajstić information content (AvgIpc) is 3.39. The lowest BCUT2D eigenvalue weighted by atomic mass is 9.84. The van der Waals surface area contributed by atoms with Crippen molar-refractivity contribution in [3.05, 3.63) is 77.0 Å². The van der Waals surface area contributed by atoms with Gasteiger partial charge in [0.1, 0.15) is 0 Å². The predicted molar refractivity (Wildman–Crippen MR) is 146 cm³/mol. The SMILES string of the molecule is Cc1ccc(C(=O)N2CCN(c3nc4nccc(-c5ccc(C6CCCCC6)cc5)n4n3)CC2)cc1C. The topological polar surface area (TPSA) is 66.6 Å². The molecule has 6 rings (SSSR count). The molecule has 0 unspecified atom stereocenters. The van der Waals surface area contributed by atoms with Gasteiger partial charge in [0.05, 0.1) is 5.69 Å². The van der Waals surface area contributed by atoms with E-state index in [1.54, 1.807) is 6.20 Å². The lowest BCUT2D eigenvalue weighted by molar-refractivity contribution is 0.0746. The zero-order valence-corrected chi connectivity index (χ0v) is 21.7. The highest BCUT2D eigenvalue weighted by Crippen LogP contribution is 2.33. The van der Waals surface area contributed by atoms with Crippen LogP contribution in [0.15, 0.2) is 54.7 Å². The van der Waals surface area contributed by atoms with Crippen LogP contribution in [0.4, 0.5) is 5.95 Å². The lowest BCUT2D eigenvalue weighted by Crippen LogP contribution is -2.49. The Morgan fingerprint density at radius 1 is 0.865 bits per heavy atom. The largest absolute Gasteiger partial charge is 0.336 e. The van der Waals surface area contributed by atoms with Gasteiger partial charge in [-0.2, -0.15) is 9.50 Å². The Bertz CT molecular complexity index is 1410. The smallest absolute Gasteiger partial charge is 0.254 e. The van der Waals surface area contributed by atoms with Gasteiger partial charge in [0, 0.05) is 43.5 Å². The Labute approximate surface area is 218 Å².